The molecule has 22 heavy (non-hydrogen) atoms. The van der Waals surface area contributed by atoms with Gasteiger partial charge in [-0.15, -0.1) is 0 Å². The van der Waals surface area contributed by atoms with Crippen LogP contribution in [0.15, 0.2) is 42.5 Å². The summed E-state index contributed by atoms with van der Waals surface area (Å²) in [6.45, 7) is 0.378. The molecule has 0 atom stereocenters. The van der Waals surface area contributed by atoms with Crippen molar-refractivity contribution in [3.05, 3.63) is 59.4 Å². The molecule has 0 aliphatic carbocycles. The monoisotopic (exact) mass is 303 g/mol. The molecule has 0 unspecified atom stereocenters. The molecule has 0 fully saturated rings. The Balaban J connectivity index is 2.16. The second-order valence-corrected chi connectivity index (χ2v) is 4.85. The Morgan fingerprint density at radius 2 is 1.77 bits per heavy atom. The van der Waals surface area contributed by atoms with E-state index in [9.17, 15) is 9.18 Å². The van der Waals surface area contributed by atoms with Crippen molar-refractivity contribution in [2.45, 2.75) is 6.54 Å². The molecule has 0 bridgehead atoms. The van der Waals surface area contributed by atoms with Crippen molar-refractivity contribution in [3.8, 4) is 11.5 Å². The third-order valence-corrected chi connectivity index (χ3v) is 3.34. The highest BCUT2D eigenvalue weighted by atomic mass is 19.1. The zero-order valence-electron chi connectivity index (χ0n) is 12.8. The van der Waals surface area contributed by atoms with E-state index in [-0.39, 0.29) is 11.7 Å². The Hall–Kier alpha value is -2.56. The van der Waals surface area contributed by atoms with Gasteiger partial charge in [-0.2, -0.15) is 0 Å². The number of halogens is 1. The van der Waals surface area contributed by atoms with Gasteiger partial charge in [0.05, 0.1) is 14.2 Å². The number of amides is 1. The van der Waals surface area contributed by atoms with E-state index in [1.807, 2.05) is 12.1 Å². The third kappa shape index (κ3) is 3.55. The van der Waals surface area contributed by atoms with Crippen molar-refractivity contribution in [2.75, 3.05) is 21.3 Å². The van der Waals surface area contributed by atoms with Crippen LogP contribution in [0.1, 0.15) is 15.9 Å². The Labute approximate surface area is 129 Å². The summed E-state index contributed by atoms with van der Waals surface area (Å²) in [7, 11) is 4.84. The van der Waals surface area contributed by atoms with Gasteiger partial charge in [-0.3, -0.25) is 4.79 Å². The van der Waals surface area contributed by atoms with E-state index in [0.29, 0.717) is 23.6 Å². The van der Waals surface area contributed by atoms with Crippen molar-refractivity contribution >= 4 is 5.91 Å². The molecule has 0 aliphatic rings. The minimum absolute atomic E-state index is 0.183. The topological polar surface area (TPSA) is 38.8 Å². The maximum Gasteiger partial charge on any atom is 0.253 e. The molecule has 2 rings (SSSR count). The summed E-state index contributed by atoms with van der Waals surface area (Å²) in [5.41, 5.74) is 1.30. The van der Waals surface area contributed by atoms with Crippen LogP contribution in [-0.2, 0) is 6.54 Å². The lowest BCUT2D eigenvalue weighted by atomic mass is 10.1. The van der Waals surface area contributed by atoms with Gasteiger partial charge in [0.2, 0.25) is 0 Å². The molecule has 0 saturated carbocycles. The molecular weight excluding hydrogens is 285 g/mol. The smallest absolute Gasteiger partial charge is 0.253 e. The van der Waals surface area contributed by atoms with Crippen LogP contribution in [0.5, 0.6) is 11.5 Å². The minimum Gasteiger partial charge on any atom is -0.497 e. The summed E-state index contributed by atoms with van der Waals surface area (Å²) in [5.74, 6) is 0.792. The summed E-state index contributed by atoms with van der Waals surface area (Å²) in [4.78, 5) is 13.9. The first-order valence-corrected chi connectivity index (χ1v) is 6.77. The second kappa shape index (κ2) is 6.93. The zero-order chi connectivity index (χ0) is 16.1. The first-order valence-electron chi connectivity index (χ1n) is 6.77. The van der Waals surface area contributed by atoms with Gasteiger partial charge in [-0.1, -0.05) is 0 Å². The number of carbonyl (C=O) groups is 1. The summed E-state index contributed by atoms with van der Waals surface area (Å²) in [6, 6.07) is 10.9. The van der Waals surface area contributed by atoms with Crippen LogP contribution >= 0.6 is 0 Å². The zero-order valence-corrected chi connectivity index (χ0v) is 12.8. The summed E-state index contributed by atoms with van der Waals surface area (Å²) >= 11 is 0. The average molecular weight is 303 g/mol. The van der Waals surface area contributed by atoms with Crippen molar-refractivity contribution in [1.82, 2.24) is 4.90 Å². The van der Waals surface area contributed by atoms with Crippen LogP contribution in [0.2, 0.25) is 0 Å². The van der Waals surface area contributed by atoms with Crippen LogP contribution < -0.4 is 9.47 Å². The molecule has 0 N–H and O–H groups in total. The highest BCUT2D eigenvalue weighted by molar-refractivity contribution is 5.94. The fraction of sp³-hybridized carbons (Fsp3) is 0.235. The van der Waals surface area contributed by atoms with Crippen LogP contribution in [0.3, 0.4) is 0 Å². The van der Waals surface area contributed by atoms with Gasteiger partial charge in [0, 0.05) is 30.8 Å². The number of carbonyl (C=O) groups excluding carboxylic acids is 1. The molecule has 0 heterocycles. The molecule has 2 aromatic rings. The van der Waals surface area contributed by atoms with Gasteiger partial charge in [-0.25, -0.2) is 4.39 Å². The van der Waals surface area contributed by atoms with Gasteiger partial charge in [0.25, 0.3) is 5.91 Å². The number of benzene rings is 2. The third-order valence-electron chi connectivity index (χ3n) is 3.34. The van der Waals surface area contributed by atoms with Gasteiger partial charge in [-0.05, 0) is 36.4 Å². The van der Waals surface area contributed by atoms with E-state index < -0.39 is 0 Å². The van der Waals surface area contributed by atoms with Gasteiger partial charge >= 0.3 is 0 Å². The molecular formula is C17H18FNO3. The van der Waals surface area contributed by atoms with Crippen molar-refractivity contribution in [1.29, 1.82) is 0 Å². The summed E-state index contributed by atoms with van der Waals surface area (Å²) in [5, 5.41) is 0. The Morgan fingerprint density at radius 3 is 2.36 bits per heavy atom. The molecule has 0 saturated heterocycles. The molecule has 0 aliphatic heterocycles. The SMILES string of the molecule is COc1ccc(CN(C)C(=O)c2ccc(F)cc2)c(OC)c1. The molecule has 0 spiro atoms. The average Bonchev–Trinajstić information content (AvgIpc) is 2.55. The number of nitrogens with zero attached hydrogens (tertiary/aromatic N) is 1. The van der Waals surface area contributed by atoms with E-state index in [4.69, 9.17) is 9.47 Å². The maximum atomic E-state index is 12.9. The Bertz CT molecular complexity index is 655. The Kier molecular flexibility index (Phi) is 4.99. The first kappa shape index (κ1) is 15.8. The molecule has 0 radical (unpaired) electrons. The lowest BCUT2D eigenvalue weighted by molar-refractivity contribution is 0.0784. The van der Waals surface area contributed by atoms with Gasteiger partial charge in [0.15, 0.2) is 0 Å². The number of methoxy groups -OCH3 is 2. The predicted molar refractivity (Wildman–Crippen MR) is 81.7 cm³/mol. The van der Waals surface area contributed by atoms with Gasteiger partial charge in [0.1, 0.15) is 17.3 Å². The normalized spacial score (nSPS) is 10.2. The van der Waals surface area contributed by atoms with Crippen LogP contribution in [0.4, 0.5) is 4.39 Å². The standard InChI is InChI=1S/C17H18FNO3/c1-19(17(20)12-4-7-14(18)8-5-12)11-13-6-9-15(21-2)10-16(13)22-3/h4-10H,11H2,1-3H3. The summed E-state index contributed by atoms with van der Waals surface area (Å²) < 4.78 is 23.4. The highest BCUT2D eigenvalue weighted by Gasteiger charge is 2.14. The second-order valence-electron chi connectivity index (χ2n) is 4.85. The highest BCUT2D eigenvalue weighted by Crippen LogP contribution is 2.25. The first-order chi connectivity index (χ1) is 10.5. The van der Waals surface area contributed by atoms with Crippen molar-refractivity contribution in [2.24, 2.45) is 0 Å². The van der Waals surface area contributed by atoms with Crippen LogP contribution in [0, 0.1) is 5.82 Å². The van der Waals surface area contributed by atoms with E-state index in [1.165, 1.54) is 24.3 Å². The Morgan fingerprint density at radius 1 is 1.09 bits per heavy atom. The molecule has 1 amide bonds. The molecule has 4 nitrogen and oxygen atoms in total. The van der Waals surface area contributed by atoms with E-state index in [1.54, 1.807) is 32.2 Å². The van der Waals surface area contributed by atoms with Gasteiger partial charge < -0.3 is 14.4 Å². The number of hydrogen-bond acceptors (Lipinski definition) is 3. The van der Waals surface area contributed by atoms with E-state index in [2.05, 4.69) is 0 Å². The fourth-order valence-electron chi connectivity index (χ4n) is 2.12. The summed E-state index contributed by atoms with van der Waals surface area (Å²) in [6.07, 6.45) is 0. The molecule has 2 aromatic carbocycles. The van der Waals surface area contributed by atoms with Crippen molar-refractivity contribution < 1.29 is 18.7 Å². The molecule has 116 valence electrons. The van der Waals surface area contributed by atoms with E-state index >= 15 is 0 Å². The maximum absolute atomic E-state index is 12.9. The van der Waals surface area contributed by atoms with Crippen LogP contribution in [-0.4, -0.2) is 32.1 Å². The number of rotatable bonds is 5. The minimum atomic E-state index is -0.365. The fourth-order valence-corrected chi connectivity index (χ4v) is 2.12. The van der Waals surface area contributed by atoms with Crippen molar-refractivity contribution in [3.63, 3.8) is 0 Å². The largest absolute Gasteiger partial charge is 0.497 e. The number of hydrogen-bond donors (Lipinski definition) is 0. The quantitative estimate of drug-likeness (QED) is 0.852. The lowest BCUT2D eigenvalue weighted by Gasteiger charge is -2.19. The van der Waals surface area contributed by atoms with E-state index in [0.717, 1.165) is 5.56 Å². The predicted octanol–water partition coefficient (Wildman–Crippen LogP) is 3.12. The molecule has 5 heteroatoms. The lowest BCUT2D eigenvalue weighted by Crippen LogP contribution is -2.26. The molecule has 0 aromatic heterocycles. The number of ether oxygens (including phenoxy) is 2. The van der Waals surface area contributed by atoms with Crippen LogP contribution in [0.25, 0.3) is 0 Å².